The van der Waals surface area contributed by atoms with Crippen LogP contribution in [0.15, 0.2) is 16.6 Å². The molecule has 0 spiro atoms. The molecule has 0 bridgehead atoms. The molecule has 1 rings (SSSR count). The summed E-state index contributed by atoms with van der Waals surface area (Å²) in [7, 11) is 0. The fourth-order valence-electron chi connectivity index (χ4n) is 0.808. The summed E-state index contributed by atoms with van der Waals surface area (Å²) in [5, 5.41) is -0.775. The normalized spacial score (nSPS) is 10.0. The van der Waals surface area contributed by atoms with E-state index in [1.54, 1.807) is 6.92 Å². The van der Waals surface area contributed by atoms with Crippen LogP contribution in [-0.2, 0) is 0 Å². The maximum Gasteiger partial charge on any atom is 0.255 e. The van der Waals surface area contributed by atoms with Crippen molar-refractivity contribution in [3.63, 3.8) is 0 Å². The molecule has 0 atom stereocenters. The minimum Gasteiger partial charge on any atom is -0.275 e. The lowest BCUT2D eigenvalue weighted by Crippen LogP contribution is -1.95. The van der Waals surface area contributed by atoms with Gasteiger partial charge in [-0.05, 0) is 36.2 Å². The molecule has 0 unspecified atom stereocenters. The second kappa shape index (κ2) is 3.54. The first-order valence-corrected chi connectivity index (χ1v) is 4.35. The summed E-state index contributed by atoms with van der Waals surface area (Å²) in [6, 6.07) is 2.64. The van der Waals surface area contributed by atoms with Gasteiger partial charge in [-0.15, -0.1) is 0 Å². The van der Waals surface area contributed by atoms with E-state index in [1.807, 2.05) is 0 Å². The van der Waals surface area contributed by atoms with Crippen LogP contribution in [0.1, 0.15) is 15.9 Å². The second-order valence-corrected chi connectivity index (χ2v) is 3.55. The quantitative estimate of drug-likeness (QED) is 0.700. The number of benzene rings is 1. The Kier molecular flexibility index (Phi) is 2.85. The van der Waals surface area contributed by atoms with Crippen molar-refractivity contribution < 1.29 is 9.18 Å². The molecule has 0 aliphatic rings. The molecule has 0 saturated carbocycles. The fourth-order valence-corrected chi connectivity index (χ4v) is 1.27. The fraction of sp³-hybridized carbons (Fsp3) is 0.125. The minimum atomic E-state index is -0.775. The molecule has 0 amide bonds. The second-order valence-electron chi connectivity index (χ2n) is 2.35. The monoisotopic (exact) mass is 250 g/mol. The molecule has 0 saturated heterocycles. The van der Waals surface area contributed by atoms with Gasteiger partial charge in [0.1, 0.15) is 5.82 Å². The van der Waals surface area contributed by atoms with Crippen LogP contribution in [0.25, 0.3) is 0 Å². The Labute approximate surface area is 82.7 Å². The van der Waals surface area contributed by atoms with E-state index in [0.717, 1.165) is 5.56 Å². The zero-order chi connectivity index (χ0) is 9.30. The van der Waals surface area contributed by atoms with Gasteiger partial charge in [-0.25, -0.2) is 4.39 Å². The van der Waals surface area contributed by atoms with Crippen LogP contribution in [-0.4, -0.2) is 5.24 Å². The van der Waals surface area contributed by atoms with Crippen LogP contribution < -0.4 is 0 Å². The minimum absolute atomic E-state index is 0.0858. The molecular formula is C8H5BrClFO. The Morgan fingerprint density at radius 2 is 2.17 bits per heavy atom. The molecule has 4 heteroatoms. The topological polar surface area (TPSA) is 17.1 Å². The lowest BCUT2D eigenvalue weighted by Gasteiger charge is -2.01. The van der Waals surface area contributed by atoms with Gasteiger partial charge < -0.3 is 0 Å². The number of halogens is 3. The third-order valence-corrected chi connectivity index (χ3v) is 2.52. The molecule has 0 heterocycles. The number of carbonyl (C=O) groups is 1. The number of rotatable bonds is 1. The highest BCUT2D eigenvalue weighted by Crippen LogP contribution is 2.21. The van der Waals surface area contributed by atoms with E-state index >= 15 is 0 Å². The number of hydrogen-bond donors (Lipinski definition) is 0. The summed E-state index contributed by atoms with van der Waals surface area (Å²) in [4.78, 5) is 10.6. The zero-order valence-electron chi connectivity index (χ0n) is 6.20. The zero-order valence-corrected chi connectivity index (χ0v) is 8.54. The Hall–Kier alpha value is -0.410. The molecule has 12 heavy (non-hydrogen) atoms. The summed E-state index contributed by atoms with van der Waals surface area (Å²) in [5.74, 6) is -0.604. The number of carbonyl (C=O) groups excluding carboxylic acids is 1. The molecular weight excluding hydrogens is 246 g/mol. The van der Waals surface area contributed by atoms with Crippen LogP contribution in [0, 0.1) is 12.7 Å². The molecule has 1 nitrogen and oxygen atoms in total. The molecule has 0 aliphatic carbocycles. The molecule has 0 aromatic heterocycles. The molecule has 0 radical (unpaired) electrons. The molecule has 1 aromatic carbocycles. The van der Waals surface area contributed by atoms with Gasteiger partial charge in [0.2, 0.25) is 0 Å². The van der Waals surface area contributed by atoms with Crippen LogP contribution in [0.4, 0.5) is 4.39 Å². The van der Waals surface area contributed by atoms with Crippen molar-refractivity contribution in [2.45, 2.75) is 6.92 Å². The van der Waals surface area contributed by atoms with Gasteiger partial charge in [0.25, 0.3) is 5.24 Å². The van der Waals surface area contributed by atoms with Gasteiger partial charge in [-0.1, -0.05) is 15.9 Å². The molecule has 0 N–H and O–H groups in total. The van der Waals surface area contributed by atoms with E-state index in [4.69, 9.17) is 11.6 Å². The molecule has 0 fully saturated rings. The first kappa shape index (κ1) is 9.68. The lowest BCUT2D eigenvalue weighted by molar-refractivity contribution is 0.107. The Morgan fingerprint density at radius 3 is 2.67 bits per heavy atom. The highest BCUT2D eigenvalue weighted by atomic mass is 79.9. The smallest absolute Gasteiger partial charge is 0.255 e. The number of hydrogen-bond acceptors (Lipinski definition) is 1. The molecule has 1 aromatic rings. The number of aryl methyl sites for hydroxylation is 1. The van der Waals surface area contributed by atoms with E-state index in [2.05, 4.69) is 15.9 Å². The largest absolute Gasteiger partial charge is 0.275 e. The van der Waals surface area contributed by atoms with Crippen LogP contribution in [0.5, 0.6) is 0 Å². The van der Waals surface area contributed by atoms with Crippen LogP contribution in [0.2, 0.25) is 0 Å². The van der Waals surface area contributed by atoms with E-state index < -0.39 is 11.1 Å². The van der Waals surface area contributed by atoms with Crippen molar-refractivity contribution in [2.24, 2.45) is 0 Å². The van der Waals surface area contributed by atoms with Gasteiger partial charge in [0.15, 0.2) is 0 Å². The Morgan fingerprint density at radius 1 is 1.58 bits per heavy atom. The Balaban J connectivity index is 3.33. The first-order chi connectivity index (χ1) is 5.52. The summed E-state index contributed by atoms with van der Waals surface area (Å²) >= 11 is 8.27. The van der Waals surface area contributed by atoms with Gasteiger partial charge in [0.05, 0.1) is 5.56 Å². The van der Waals surface area contributed by atoms with E-state index in [9.17, 15) is 9.18 Å². The lowest BCUT2D eigenvalue weighted by atomic mass is 10.1. The maximum absolute atomic E-state index is 12.9. The van der Waals surface area contributed by atoms with Crippen LogP contribution in [0.3, 0.4) is 0 Å². The summed E-state index contributed by atoms with van der Waals surface area (Å²) in [6.07, 6.45) is 0. The summed E-state index contributed by atoms with van der Waals surface area (Å²) < 4.78 is 13.6. The van der Waals surface area contributed by atoms with Crippen molar-refractivity contribution in [1.82, 2.24) is 0 Å². The molecule has 64 valence electrons. The first-order valence-electron chi connectivity index (χ1n) is 3.18. The van der Waals surface area contributed by atoms with Gasteiger partial charge >= 0.3 is 0 Å². The van der Waals surface area contributed by atoms with E-state index in [0.29, 0.717) is 4.47 Å². The maximum atomic E-state index is 12.9. The van der Waals surface area contributed by atoms with Gasteiger partial charge in [-0.3, -0.25) is 4.79 Å². The van der Waals surface area contributed by atoms with Crippen molar-refractivity contribution in [3.8, 4) is 0 Å². The van der Waals surface area contributed by atoms with E-state index in [1.165, 1.54) is 12.1 Å². The van der Waals surface area contributed by atoms with Crippen molar-refractivity contribution >= 4 is 32.8 Å². The predicted molar refractivity (Wildman–Crippen MR) is 49.0 cm³/mol. The van der Waals surface area contributed by atoms with Crippen molar-refractivity contribution in [3.05, 3.63) is 33.5 Å². The SMILES string of the molecule is Cc1cc(C(=O)Cl)c(F)cc1Br. The van der Waals surface area contributed by atoms with Gasteiger partial charge in [-0.2, -0.15) is 0 Å². The summed E-state index contributed by atoms with van der Waals surface area (Å²) in [5.41, 5.74) is 0.692. The summed E-state index contributed by atoms with van der Waals surface area (Å²) in [6.45, 7) is 1.76. The van der Waals surface area contributed by atoms with Crippen LogP contribution >= 0.6 is 27.5 Å². The Bertz CT molecular complexity index is 338. The third kappa shape index (κ3) is 1.84. The average molecular weight is 251 g/mol. The third-order valence-electron chi connectivity index (χ3n) is 1.46. The highest BCUT2D eigenvalue weighted by molar-refractivity contribution is 9.10. The standard InChI is InChI=1S/C8H5BrClFO/c1-4-2-5(8(10)12)7(11)3-6(4)9/h2-3H,1H3. The van der Waals surface area contributed by atoms with Crippen molar-refractivity contribution in [2.75, 3.05) is 0 Å². The van der Waals surface area contributed by atoms with E-state index in [-0.39, 0.29) is 5.56 Å². The highest BCUT2D eigenvalue weighted by Gasteiger charge is 2.10. The molecule has 0 aliphatic heterocycles. The predicted octanol–water partition coefficient (Wildman–Crippen LogP) is 3.28. The van der Waals surface area contributed by atoms with Gasteiger partial charge in [0, 0.05) is 4.47 Å². The average Bonchev–Trinajstić information content (AvgIpc) is 1.96. The van der Waals surface area contributed by atoms with Crippen molar-refractivity contribution in [1.29, 1.82) is 0 Å².